The van der Waals surface area contributed by atoms with Gasteiger partial charge in [0.15, 0.2) is 5.78 Å². The van der Waals surface area contributed by atoms with E-state index in [1.165, 1.54) is 22.5 Å². The van der Waals surface area contributed by atoms with Crippen molar-refractivity contribution in [3.63, 3.8) is 0 Å². The van der Waals surface area contributed by atoms with Gasteiger partial charge >= 0.3 is 0 Å². The average Bonchev–Trinajstić information content (AvgIpc) is 2.71. The second-order valence-corrected chi connectivity index (χ2v) is 8.82. The standard InChI is InChI=1S/C14H12Br2OS2/c1-9-4-2-3-5-10(9)7-18-8-12(17)11-6-13(15)19-14(11)16/h2-6H,7-8H2,1H3. The van der Waals surface area contributed by atoms with Crippen LogP contribution in [0.4, 0.5) is 0 Å². The lowest BCUT2D eigenvalue weighted by Crippen LogP contribution is -2.02. The third kappa shape index (κ3) is 4.18. The number of hydrogen-bond donors (Lipinski definition) is 0. The molecule has 0 bridgehead atoms. The molecular weight excluding hydrogens is 408 g/mol. The van der Waals surface area contributed by atoms with Gasteiger partial charge in [0.05, 0.1) is 13.3 Å². The Morgan fingerprint density at radius 1 is 1.32 bits per heavy atom. The summed E-state index contributed by atoms with van der Waals surface area (Å²) in [5.41, 5.74) is 3.35. The molecule has 0 unspecified atom stereocenters. The molecule has 0 atom stereocenters. The Kier molecular flexibility index (Phi) is 5.69. The number of thiophene rings is 1. The lowest BCUT2D eigenvalue weighted by Gasteiger charge is -2.04. The monoisotopic (exact) mass is 418 g/mol. The summed E-state index contributed by atoms with van der Waals surface area (Å²) in [5, 5.41) is 0. The maximum atomic E-state index is 12.1. The molecule has 1 aromatic heterocycles. The zero-order valence-corrected chi connectivity index (χ0v) is 15.1. The fraction of sp³-hybridized carbons (Fsp3) is 0.214. The number of Topliss-reactive ketones (excluding diaryl/α,β-unsaturated/α-hetero) is 1. The summed E-state index contributed by atoms with van der Waals surface area (Å²) < 4.78 is 1.88. The Morgan fingerprint density at radius 3 is 2.68 bits per heavy atom. The van der Waals surface area contributed by atoms with Crippen molar-refractivity contribution >= 4 is 60.7 Å². The highest BCUT2D eigenvalue weighted by atomic mass is 79.9. The van der Waals surface area contributed by atoms with Gasteiger partial charge in [0.1, 0.15) is 0 Å². The van der Waals surface area contributed by atoms with Crippen molar-refractivity contribution in [2.24, 2.45) is 0 Å². The summed E-state index contributed by atoms with van der Waals surface area (Å²) >= 11 is 10.0. The molecule has 0 spiro atoms. The van der Waals surface area contributed by atoms with E-state index in [-0.39, 0.29) is 5.78 Å². The number of ketones is 1. The third-order valence-corrected chi connectivity index (χ3v) is 6.03. The third-order valence-electron chi connectivity index (χ3n) is 2.71. The van der Waals surface area contributed by atoms with E-state index < -0.39 is 0 Å². The van der Waals surface area contributed by atoms with Crippen LogP contribution in [0.1, 0.15) is 21.5 Å². The number of aryl methyl sites for hydroxylation is 1. The number of hydrogen-bond acceptors (Lipinski definition) is 3. The van der Waals surface area contributed by atoms with E-state index in [1.54, 1.807) is 11.8 Å². The van der Waals surface area contributed by atoms with Crippen LogP contribution >= 0.6 is 55.0 Å². The highest BCUT2D eigenvalue weighted by molar-refractivity contribution is 9.12. The van der Waals surface area contributed by atoms with Crippen LogP contribution in [0.2, 0.25) is 0 Å². The Labute approximate surface area is 138 Å². The van der Waals surface area contributed by atoms with Gasteiger partial charge in [-0.2, -0.15) is 0 Å². The van der Waals surface area contributed by atoms with Crippen LogP contribution in [0.15, 0.2) is 37.9 Å². The van der Waals surface area contributed by atoms with E-state index in [9.17, 15) is 4.79 Å². The topological polar surface area (TPSA) is 17.1 Å². The number of rotatable bonds is 5. The first-order valence-electron chi connectivity index (χ1n) is 5.68. The molecule has 2 aromatic rings. The van der Waals surface area contributed by atoms with Crippen molar-refractivity contribution in [3.8, 4) is 0 Å². The van der Waals surface area contributed by atoms with Gasteiger partial charge in [0.2, 0.25) is 0 Å². The Balaban J connectivity index is 1.91. The molecule has 0 aliphatic carbocycles. The SMILES string of the molecule is Cc1ccccc1CSCC(=O)c1cc(Br)sc1Br. The molecule has 19 heavy (non-hydrogen) atoms. The molecule has 0 amide bonds. The van der Waals surface area contributed by atoms with Crippen LogP contribution in [0, 0.1) is 6.92 Å². The normalized spacial score (nSPS) is 10.7. The predicted octanol–water partition coefficient (Wildman–Crippen LogP) is 5.70. The number of benzene rings is 1. The molecule has 0 fully saturated rings. The van der Waals surface area contributed by atoms with Crippen molar-refractivity contribution in [3.05, 3.63) is 54.6 Å². The molecule has 2 rings (SSSR count). The van der Waals surface area contributed by atoms with Crippen LogP contribution in [-0.2, 0) is 5.75 Å². The summed E-state index contributed by atoms with van der Waals surface area (Å²) in [6, 6.07) is 10.2. The van der Waals surface area contributed by atoms with E-state index in [0.29, 0.717) is 5.75 Å². The molecule has 1 heterocycles. The van der Waals surface area contributed by atoms with Crippen LogP contribution in [-0.4, -0.2) is 11.5 Å². The zero-order chi connectivity index (χ0) is 13.8. The first kappa shape index (κ1) is 15.3. The number of thioether (sulfide) groups is 1. The highest BCUT2D eigenvalue weighted by Gasteiger charge is 2.13. The Bertz CT molecular complexity index is 593. The molecule has 1 aromatic carbocycles. The minimum atomic E-state index is 0.174. The van der Waals surface area contributed by atoms with Gasteiger partial charge in [-0.3, -0.25) is 4.79 Å². The van der Waals surface area contributed by atoms with Crippen LogP contribution in [0.25, 0.3) is 0 Å². The van der Waals surface area contributed by atoms with Gasteiger partial charge < -0.3 is 0 Å². The summed E-state index contributed by atoms with van der Waals surface area (Å²) in [6.07, 6.45) is 0. The second kappa shape index (κ2) is 7.07. The predicted molar refractivity (Wildman–Crippen MR) is 91.4 cm³/mol. The molecule has 100 valence electrons. The number of carbonyl (C=O) groups is 1. The first-order chi connectivity index (χ1) is 9.08. The second-order valence-electron chi connectivity index (χ2n) is 4.08. The molecule has 1 nitrogen and oxygen atoms in total. The molecule has 5 heteroatoms. The largest absolute Gasteiger partial charge is 0.293 e. The molecule has 0 radical (unpaired) electrons. The summed E-state index contributed by atoms with van der Waals surface area (Å²) in [6.45, 7) is 2.10. The van der Waals surface area contributed by atoms with Crippen LogP contribution in [0.3, 0.4) is 0 Å². The molecular formula is C14H12Br2OS2. The smallest absolute Gasteiger partial charge is 0.174 e. The van der Waals surface area contributed by atoms with E-state index in [2.05, 4.69) is 50.9 Å². The highest BCUT2D eigenvalue weighted by Crippen LogP contribution is 2.32. The molecule has 0 saturated heterocycles. The maximum Gasteiger partial charge on any atom is 0.174 e. The van der Waals surface area contributed by atoms with E-state index in [1.807, 2.05) is 18.2 Å². The van der Waals surface area contributed by atoms with Crippen LogP contribution < -0.4 is 0 Å². The van der Waals surface area contributed by atoms with Crippen molar-refractivity contribution in [2.75, 3.05) is 5.75 Å². The molecule has 0 aliphatic heterocycles. The van der Waals surface area contributed by atoms with Gasteiger partial charge in [0, 0.05) is 11.3 Å². The summed E-state index contributed by atoms with van der Waals surface area (Å²) in [4.78, 5) is 12.1. The Morgan fingerprint density at radius 2 is 2.05 bits per heavy atom. The van der Waals surface area contributed by atoms with Gasteiger partial charge in [-0.1, -0.05) is 24.3 Å². The van der Waals surface area contributed by atoms with E-state index in [4.69, 9.17) is 0 Å². The van der Waals surface area contributed by atoms with E-state index >= 15 is 0 Å². The van der Waals surface area contributed by atoms with Gasteiger partial charge in [-0.15, -0.1) is 23.1 Å². The Hall–Kier alpha value is -0.100. The molecule has 0 N–H and O–H groups in total. The van der Waals surface area contributed by atoms with Gasteiger partial charge in [0.25, 0.3) is 0 Å². The van der Waals surface area contributed by atoms with Gasteiger partial charge in [-0.05, 0) is 56.0 Å². The summed E-state index contributed by atoms with van der Waals surface area (Å²) in [7, 11) is 0. The quantitative estimate of drug-likeness (QED) is 0.578. The number of halogens is 2. The molecule has 0 aliphatic rings. The van der Waals surface area contributed by atoms with Crippen LogP contribution in [0.5, 0.6) is 0 Å². The lowest BCUT2D eigenvalue weighted by molar-refractivity contribution is 0.102. The minimum Gasteiger partial charge on any atom is -0.293 e. The maximum absolute atomic E-state index is 12.1. The summed E-state index contributed by atoms with van der Waals surface area (Å²) in [5.74, 6) is 1.56. The first-order valence-corrected chi connectivity index (χ1v) is 9.24. The van der Waals surface area contributed by atoms with Crippen molar-refractivity contribution < 1.29 is 4.79 Å². The minimum absolute atomic E-state index is 0.174. The van der Waals surface area contributed by atoms with Gasteiger partial charge in [-0.25, -0.2) is 0 Å². The fourth-order valence-corrected chi connectivity index (χ4v) is 5.48. The average molecular weight is 420 g/mol. The zero-order valence-electron chi connectivity index (χ0n) is 10.3. The number of carbonyl (C=O) groups excluding carboxylic acids is 1. The lowest BCUT2D eigenvalue weighted by atomic mass is 10.1. The van der Waals surface area contributed by atoms with Crippen molar-refractivity contribution in [1.29, 1.82) is 0 Å². The van der Waals surface area contributed by atoms with Crippen molar-refractivity contribution in [2.45, 2.75) is 12.7 Å². The fourth-order valence-electron chi connectivity index (χ4n) is 1.63. The van der Waals surface area contributed by atoms with Crippen molar-refractivity contribution in [1.82, 2.24) is 0 Å². The molecule has 0 saturated carbocycles. The van der Waals surface area contributed by atoms with E-state index in [0.717, 1.165) is 18.9 Å².